The van der Waals surface area contributed by atoms with E-state index < -0.39 is 16.0 Å². The number of hydrogen-bond donors (Lipinski definition) is 2. The van der Waals surface area contributed by atoms with Gasteiger partial charge in [-0.3, -0.25) is 0 Å². The SMILES string of the molecule is CCC(C)CNS(=O)(=O)c1cc(C(=O)O)n(C2CC2)c1. The van der Waals surface area contributed by atoms with Gasteiger partial charge < -0.3 is 9.67 Å². The number of aromatic carboxylic acids is 1. The molecule has 0 aliphatic heterocycles. The maximum atomic E-state index is 12.2. The van der Waals surface area contributed by atoms with Gasteiger partial charge in [0.25, 0.3) is 0 Å². The van der Waals surface area contributed by atoms with Gasteiger partial charge in [-0.1, -0.05) is 20.3 Å². The van der Waals surface area contributed by atoms with Gasteiger partial charge in [0, 0.05) is 18.8 Å². The molecule has 1 aliphatic carbocycles. The van der Waals surface area contributed by atoms with Gasteiger partial charge in [0.05, 0.1) is 0 Å². The average molecular weight is 300 g/mol. The zero-order valence-corrected chi connectivity index (χ0v) is 12.5. The highest BCUT2D eigenvalue weighted by Gasteiger charge is 2.30. The summed E-state index contributed by atoms with van der Waals surface area (Å²) in [4.78, 5) is 11.2. The minimum Gasteiger partial charge on any atom is -0.477 e. The monoisotopic (exact) mass is 300 g/mol. The van der Waals surface area contributed by atoms with Gasteiger partial charge in [-0.2, -0.15) is 0 Å². The summed E-state index contributed by atoms with van der Waals surface area (Å²) in [5, 5.41) is 9.14. The number of nitrogens with one attached hydrogen (secondary N) is 1. The van der Waals surface area contributed by atoms with Crippen molar-refractivity contribution in [3.05, 3.63) is 18.0 Å². The molecule has 1 atom stereocenters. The topological polar surface area (TPSA) is 88.4 Å². The fourth-order valence-electron chi connectivity index (χ4n) is 1.91. The first-order valence-corrected chi connectivity index (χ1v) is 8.28. The number of hydrogen-bond acceptors (Lipinski definition) is 3. The van der Waals surface area contributed by atoms with Crippen LogP contribution in [0.1, 0.15) is 49.6 Å². The van der Waals surface area contributed by atoms with Crippen LogP contribution in [0.5, 0.6) is 0 Å². The van der Waals surface area contributed by atoms with E-state index in [2.05, 4.69) is 4.72 Å². The Kier molecular flexibility index (Phi) is 4.19. The highest BCUT2D eigenvalue weighted by molar-refractivity contribution is 7.89. The summed E-state index contributed by atoms with van der Waals surface area (Å²) in [7, 11) is -3.64. The van der Waals surface area contributed by atoms with Gasteiger partial charge >= 0.3 is 5.97 Å². The molecule has 0 bridgehead atoms. The lowest BCUT2D eigenvalue weighted by molar-refractivity contribution is 0.0685. The largest absolute Gasteiger partial charge is 0.477 e. The lowest BCUT2D eigenvalue weighted by atomic mass is 10.1. The molecule has 7 heteroatoms. The number of nitrogens with zero attached hydrogens (tertiary/aromatic N) is 1. The highest BCUT2D eigenvalue weighted by Crippen LogP contribution is 2.37. The fraction of sp³-hybridized carbons (Fsp3) is 0.615. The van der Waals surface area contributed by atoms with Crippen LogP contribution in [0.2, 0.25) is 0 Å². The first-order valence-electron chi connectivity index (χ1n) is 6.80. The van der Waals surface area contributed by atoms with Crippen LogP contribution < -0.4 is 4.72 Å². The van der Waals surface area contributed by atoms with Gasteiger partial charge in [-0.25, -0.2) is 17.9 Å². The highest BCUT2D eigenvalue weighted by atomic mass is 32.2. The Hall–Kier alpha value is -1.34. The molecule has 1 fully saturated rings. The maximum absolute atomic E-state index is 12.2. The van der Waals surface area contributed by atoms with E-state index in [1.165, 1.54) is 12.3 Å². The second-order valence-corrected chi connectivity index (χ2v) is 7.14. The molecule has 112 valence electrons. The van der Waals surface area contributed by atoms with Crippen molar-refractivity contribution in [2.75, 3.05) is 6.54 Å². The Morgan fingerprint density at radius 3 is 2.70 bits per heavy atom. The molecule has 0 amide bonds. The van der Waals surface area contributed by atoms with Gasteiger partial charge in [0.15, 0.2) is 0 Å². The van der Waals surface area contributed by atoms with Crippen molar-refractivity contribution in [2.24, 2.45) is 5.92 Å². The van der Waals surface area contributed by atoms with E-state index in [0.717, 1.165) is 19.3 Å². The second-order valence-electron chi connectivity index (χ2n) is 5.37. The predicted octanol–water partition coefficient (Wildman–Crippen LogP) is 1.85. The van der Waals surface area contributed by atoms with Crippen LogP contribution in [0, 0.1) is 5.92 Å². The molecular weight excluding hydrogens is 280 g/mol. The number of sulfonamides is 1. The molecule has 1 unspecified atom stereocenters. The van der Waals surface area contributed by atoms with Crippen LogP contribution in [0.25, 0.3) is 0 Å². The first-order chi connectivity index (χ1) is 9.35. The molecule has 0 spiro atoms. The Morgan fingerprint density at radius 1 is 1.55 bits per heavy atom. The van der Waals surface area contributed by atoms with Crippen LogP contribution in [0.15, 0.2) is 17.2 Å². The molecule has 2 rings (SSSR count). The van der Waals surface area contributed by atoms with Crippen molar-refractivity contribution in [1.82, 2.24) is 9.29 Å². The molecule has 1 aromatic heterocycles. The van der Waals surface area contributed by atoms with E-state index in [-0.39, 0.29) is 22.5 Å². The Bertz CT molecular complexity index is 602. The molecular formula is C13H20N2O4S. The molecule has 1 aromatic rings. The van der Waals surface area contributed by atoms with Crippen molar-refractivity contribution in [2.45, 2.75) is 44.0 Å². The van der Waals surface area contributed by atoms with Crippen molar-refractivity contribution >= 4 is 16.0 Å². The van der Waals surface area contributed by atoms with Crippen molar-refractivity contribution in [3.63, 3.8) is 0 Å². The predicted molar refractivity (Wildman–Crippen MR) is 74.3 cm³/mol. The Labute approximate surface area is 118 Å². The van der Waals surface area contributed by atoms with Crippen LogP contribution in [-0.4, -0.2) is 30.6 Å². The molecule has 1 saturated carbocycles. The van der Waals surface area contributed by atoms with Crippen molar-refractivity contribution in [1.29, 1.82) is 0 Å². The standard InChI is InChI=1S/C13H20N2O4S/c1-3-9(2)7-14-20(18,19)11-6-12(13(16)17)15(8-11)10-4-5-10/h6,8-10,14H,3-5,7H2,1-2H3,(H,16,17). The van der Waals surface area contributed by atoms with Crippen LogP contribution in [-0.2, 0) is 10.0 Å². The summed E-state index contributed by atoms with van der Waals surface area (Å²) in [6.07, 6.45) is 4.11. The molecule has 0 aromatic carbocycles. The molecule has 1 aliphatic rings. The third-order valence-corrected chi connectivity index (χ3v) is 5.00. The number of aromatic nitrogens is 1. The number of carboxylic acid groups (broad SMARTS) is 1. The van der Waals surface area contributed by atoms with E-state index in [0.29, 0.717) is 6.54 Å². The fourth-order valence-corrected chi connectivity index (χ4v) is 3.10. The number of carbonyl (C=O) groups is 1. The Balaban J connectivity index is 2.23. The summed E-state index contributed by atoms with van der Waals surface area (Å²) in [6, 6.07) is 1.36. The summed E-state index contributed by atoms with van der Waals surface area (Å²) < 4.78 is 28.4. The van der Waals surface area contributed by atoms with E-state index in [1.807, 2.05) is 13.8 Å². The van der Waals surface area contributed by atoms with Gasteiger partial charge in [0.2, 0.25) is 10.0 Å². The van der Waals surface area contributed by atoms with Gasteiger partial charge in [0.1, 0.15) is 10.6 Å². The number of rotatable bonds is 7. The molecule has 0 radical (unpaired) electrons. The van der Waals surface area contributed by atoms with E-state index in [4.69, 9.17) is 5.11 Å². The quantitative estimate of drug-likeness (QED) is 0.804. The third kappa shape index (κ3) is 3.21. The maximum Gasteiger partial charge on any atom is 0.352 e. The average Bonchev–Trinajstić information content (AvgIpc) is 3.13. The van der Waals surface area contributed by atoms with Gasteiger partial charge in [-0.05, 0) is 24.8 Å². The lowest BCUT2D eigenvalue weighted by Gasteiger charge is -2.09. The molecule has 0 saturated heterocycles. The number of carboxylic acids is 1. The molecule has 2 N–H and O–H groups in total. The molecule has 1 heterocycles. The minimum absolute atomic E-state index is 0.0325. The summed E-state index contributed by atoms with van der Waals surface area (Å²) >= 11 is 0. The van der Waals surface area contributed by atoms with Crippen molar-refractivity contribution < 1.29 is 18.3 Å². The third-order valence-electron chi connectivity index (χ3n) is 3.61. The smallest absolute Gasteiger partial charge is 0.352 e. The Morgan fingerprint density at radius 2 is 2.20 bits per heavy atom. The van der Waals surface area contributed by atoms with Crippen LogP contribution >= 0.6 is 0 Å². The second kappa shape index (κ2) is 5.57. The minimum atomic E-state index is -3.64. The van der Waals surface area contributed by atoms with Crippen LogP contribution in [0.3, 0.4) is 0 Å². The van der Waals surface area contributed by atoms with E-state index in [9.17, 15) is 13.2 Å². The molecule has 20 heavy (non-hydrogen) atoms. The van der Waals surface area contributed by atoms with E-state index >= 15 is 0 Å². The van der Waals surface area contributed by atoms with E-state index in [1.54, 1.807) is 4.57 Å². The summed E-state index contributed by atoms with van der Waals surface area (Å²) in [5.74, 6) is -0.852. The van der Waals surface area contributed by atoms with Crippen LogP contribution in [0.4, 0.5) is 0 Å². The first kappa shape index (κ1) is 15.1. The van der Waals surface area contributed by atoms with Gasteiger partial charge in [-0.15, -0.1) is 0 Å². The lowest BCUT2D eigenvalue weighted by Crippen LogP contribution is -2.28. The zero-order valence-electron chi connectivity index (χ0n) is 11.7. The van der Waals surface area contributed by atoms with Crippen molar-refractivity contribution in [3.8, 4) is 0 Å². The zero-order chi connectivity index (χ0) is 14.9. The normalized spacial score (nSPS) is 17.1. The summed E-state index contributed by atoms with van der Waals surface area (Å²) in [5.41, 5.74) is 0.0383. The summed E-state index contributed by atoms with van der Waals surface area (Å²) in [6.45, 7) is 4.31. The molecule has 6 nitrogen and oxygen atoms in total.